The van der Waals surface area contributed by atoms with E-state index in [1.165, 1.54) is 0 Å². The lowest BCUT2D eigenvalue weighted by Gasteiger charge is -2.11. The van der Waals surface area contributed by atoms with Gasteiger partial charge in [0, 0.05) is 18.5 Å². The van der Waals surface area contributed by atoms with Gasteiger partial charge >= 0.3 is 0 Å². The Balaban J connectivity index is 3.12. The van der Waals surface area contributed by atoms with Gasteiger partial charge in [-0.15, -0.1) is 0 Å². The van der Waals surface area contributed by atoms with Crippen molar-refractivity contribution < 1.29 is 0 Å². The van der Waals surface area contributed by atoms with Crippen LogP contribution in [0.2, 0.25) is 0 Å². The Bertz CT molecular complexity index is 310. The normalized spacial score (nSPS) is 10.0. The second kappa shape index (κ2) is 4.76. The summed E-state index contributed by atoms with van der Waals surface area (Å²) in [6, 6.07) is 0. The van der Waals surface area contributed by atoms with Crippen LogP contribution in [0.3, 0.4) is 0 Å². The number of hydrogen-bond donors (Lipinski definition) is 3. The minimum absolute atomic E-state index is 0.688. The Morgan fingerprint density at radius 3 is 2.36 bits per heavy atom. The van der Waals surface area contributed by atoms with Crippen LogP contribution >= 0.6 is 0 Å². The molecule has 0 saturated carbocycles. The third kappa shape index (κ3) is 2.11. The highest BCUT2D eigenvalue weighted by Gasteiger charge is 2.07. The summed E-state index contributed by atoms with van der Waals surface area (Å²) in [5.74, 6) is 7.70. The minimum atomic E-state index is 0.688. The van der Waals surface area contributed by atoms with Gasteiger partial charge in [-0.05, 0) is 13.8 Å². The number of nitrogens with one attached hydrogen (secondary N) is 2. The first-order valence-electron chi connectivity index (χ1n) is 4.80. The summed E-state index contributed by atoms with van der Waals surface area (Å²) >= 11 is 0. The summed E-state index contributed by atoms with van der Waals surface area (Å²) in [4.78, 5) is 8.64. The zero-order valence-electron chi connectivity index (χ0n) is 8.89. The van der Waals surface area contributed by atoms with E-state index in [1.807, 2.05) is 20.8 Å². The number of aromatic nitrogens is 2. The second-order valence-corrected chi connectivity index (χ2v) is 2.99. The van der Waals surface area contributed by atoms with Crippen molar-refractivity contribution in [1.82, 2.24) is 9.97 Å². The molecule has 0 saturated heterocycles. The molecule has 0 aliphatic rings. The molecular formula is C9H17N5. The Kier molecular flexibility index (Phi) is 3.64. The lowest BCUT2D eigenvalue weighted by molar-refractivity contribution is 0.924. The molecule has 78 valence electrons. The number of nitrogen functional groups attached to an aromatic ring is 1. The van der Waals surface area contributed by atoms with Crippen LogP contribution in [-0.4, -0.2) is 16.5 Å². The van der Waals surface area contributed by atoms with Crippen molar-refractivity contribution in [3.63, 3.8) is 0 Å². The quantitative estimate of drug-likeness (QED) is 0.495. The molecule has 4 N–H and O–H groups in total. The van der Waals surface area contributed by atoms with Crippen molar-refractivity contribution in [3.8, 4) is 0 Å². The molecule has 0 spiro atoms. The van der Waals surface area contributed by atoms with E-state index in [-0.39, 0.29) is 0 Å². The van der Waals surface area contributed by atoms with Crippen LogP contribution in [-0.2, 0) is 6.42 Å². The maximum atomic E-state index is 5.37. The molecule has 5 heteroatoms. The summed E-state index contributed by atoms with van der Waals surface area (Å²) in [6.07, 6.45) is 0.799. The molecule has 1 aromatic heterocycles. The number of nitrogens with two attached hydrogens (primary N) is 1. The molecule has 1 rings (SSSR count). The number of hydrazine groups is 1. The van der Waals surface area contributed by atoms with E-state index < -0.39 is 0 Å². The van der Waals surface area contributed by atoms with Gasteiger partial charge in [0.15, 0.2) is 0 Å². The summed E-state index contributed by atoms with van der Waals surface area (Å²) in [6.45, 7) is 6.82. The van der Waals surface area contributed by atoms with Crippen LogP contribution in [0.5, 0.6) is 0 Å². The van der Waals surface area contributed by atoms with Crippen LogP contribution in [0.15, 0.2) is 0 Å². The highest BCUT2D eigenvalue weighted by Crippen LogP contribution is 2.18. The van der Waals surface area contributed by atoms with E-state index in [0.717, 1.165) is 30.2 Å². The molecule has 0 bridgehead atoms. The Morgan fingerprint density at radius 1 is 1.21 bits per heavy atom. The van der Waals surface area contributed by atoms with Crippen molar-refractivity contribution in [3.05, 3.63) is 11.4 Å². The van der Waals surface area contributed by atoms with Gasteiger partial charge in [-0.3, -0.25) is 0 Å². The van der Waals surface area contributed by atoms with Crippen LogP contribution in [0.4, 0.5) is 11.6 Å². The van der Waals surface area contributed by atoms with Gasteiger partial charge in [-0.25, -0.2) is 15.8 Å². The molecule has 0 radical (unpaired) electrons. The van der Waals surface area contributed by atoms with Crippen molar-refractivity contribution in [2.45, 2.75) is 27.2 Å². The van der Waals surface area contributed by atoms with Crippen molar-refractivity contribution >= 4 is 11.6 Å². The summed E-state index contributed by atoms with van der Waals surface area (Å²) in [5.41, 5.74) is 3.53. The molecule has 0 unspecified atom stereocenters. The minimum Gasteiger partial charge on any atom is -0.370 e. The first-order valence-corrected chi connectivity index (χ1v) is 4.80. The topological polar surface area (TPSA) is 75.9 Å². The van der Waals surface area contributed by atoms with Crippen molar-refractivity contribution in [2.24, 2.45) is 5.84 Å². The van der Waals surface area contributed by atoms with Gasteiger partial charge in [-0.2, -0.15) is 0 Å². The van der Waals surface area contributed by atoms with E-state index in [0.29, 0.717) is 5.82 Å². The monoisotopic (exact) mass is 195 g/mol. The third-order valence-corrected chi connectivity index (χ3v) is 1.99. The first-order chi connectivity index (χ1) is 6.72. The molecule has 1 aromatic rings. The van der Waals surface area contributed by atoms with E-state index in [2.05, 4.69) is 20.7 Å². The SMILES string of the molecule is CCNc1nc(CC)nc(NN)c1C. The molecule has 0 fully saturated rings. The summed E-state index contributed by atoms with van der Waals surface area (Å²) in [7, 11) is 0. The molecule has 1 heterocycles. The molecule has 0 aliphatic carbocycles. The van der Waals surface area contributed by atoms with Crippen LogP contribution in [0.25, 0.3) is 0 Å². The predicted molar refractivity (Wildman–Crippen MR) is 58.1 cm³/mol. The highest BCUT2D eigenvalue weighted by molar-refractivity contribution is 5.56. The fourth-order valence-corrected chi connectivity index (χ4v) is 1.20. The fraction of sp³-hybridized carbons (Fsp3) is 0.556. The number of aryl methyl sites for hydroxylation is 1. The van der Waals surface area contributed by atoms with Crippen LogP contribution < -0.4 is 16.6 Å². The zero-order chi connectivity index (χ0) is 10.6. The van der Waals surface area contributed by atoms with Crippen molar-refractivity contribution in [1.29, 1.82) is 0 Å². The van der Waals surface area contributed by atoms with Gasteiger partial charge in [-0.1, -0.05) is 6.92 Å². The van der Waals surface area contributed by atoms with Gasteiger partial charge in [0.1, 0.15) is 17.5 Å². The van der Waals surface area contributed by atoms with Gasteiger partial charge in [0.2, 0.25) is 0 Å². The zero-order valence-corrected chi connectivity index (χ0v) is 8.89. The molecule has 0 atom stereocenters. The molecular weight excluding hydrogens is 178 g/mol. The fourth-order valence-electron chi connectivity index (χ4n) is 1.20. The molecule has 5 nitrogen and oxygen atoms in total. The number of nitrogens with zero attached hydrogens (tertiary/aromatic N) is 2. The Labute approximate surface area is 84.1 Å². The smallest absolute Gasteiger partial charge is 0.148 e. The molecule has 0 aromatic carbocycles. The summed E-state index contributed by atoms with van der Waals surface area (Å²) in [5, 5.41) is 3.18. The van der Waals surface area contributed by atoms with E-state index in [9.17, 15) is 0 Å². The van der Waals surface area contributed by atoms with Crippen molar-refractivity contribution in [2.75, 3.05) is 17.3 Å². The van der Waals surface area contributed by atoms with Gasteiger partial charge in [0.05, 0.1) is 0 Å². The molecule has 0 aliphatic heterocycles. The van der Waals surface area contributed by atoms with Gasteiger partial charge in [0.25, 0.3) is 0 Å². The lowest BCUT2D eigenvalue weighted by atomic mass is 10.3. The maximum Gasteiger partial charge on any atom is 0.148 e. The molecule has 14 heavy (non-hydrogen) atoms. The van der Waals surface area contributed by atoms with Crippen LogP contribution in [0.1, 0.15) is 25.2 Å². The first kappa shape index (κ1) is 10.7. The Morgan fingerprint density at radius 2 is 1.86 bits per heavy atom. The lowest BCUT2D eigenvalue weighted by Crippen LogP contribution is -2.14. The highest BCUT2D eigenvalue weighted by atomic mass is 15.3. The molecule has 0 amide bonds. The van der Waals surface area contributed by atoms with E-state index in [1.54, 1.807) is 0 Å². The Hall–Kier alpha value is -1.36. The average Bonchev–Trinajstić information content (AvgIpc) is 2.21. The number of hydrogen-bond acceptors (Lipinski definition) is 5. The maximum absolute atomic E-state index is 5.37. The predicted octanol–water partition coefficient (Wildman–Crippen LogP) is 1.06. The largest absolute Gasteiger partial charge is 0.370 e. The summed E-state index contributed by atoms with van der Waals surface area (Å²) < 4.78 is 0. The standard InChI is InChI=1S/C9H17N5/c1-4-7-12-8(11-5-2)6(3)9(13-7)14-10/h4-5,10H2,1-3H3,(H2,11,12,13,14). The van der Waals surface area contributed by atoms with E-state index in [4.69, 9.17) is 5.84 Å². The second-order valence-electron chi connectivity index (χ2n) is 2.99. The van der Waals surface area contributed by atoms with Gasteiger partial charge < -0.3 is 10.7 Å². The van der Waals surface area contributed by atoms with E-state index >= 15 is 0 Å². The third-order valence-electron chi connectivity index (χ3n) is 1.99. The average molecular weight is 195 g/mol. The number of rotatable bonds is 4. The number of anilines is 2. The van der Waals surface area contributed by atoms with Crippen LogP contribution in [0, 0.1) is 6.92 Å².